The number of carbonyl (C=O) groups excluding carboxylic acids is 1. The summed E-state index contributed by atoms with van der Waals surface area (Å²) in [5, 5.41) is 3.76. The summed E-state index contributed by atoms with van der Waals surface area (Å²) in [6.45, 7) is 1.37. The van der Waals surface area contributed by atoms with Crippen molar-refractivity contribution in [1.29, 1.82) is 0 Å². The molecule has 0 aliphatic heterocycles. The fourth-order valence-electron chi connectivity index (χ4n) is 3.24. The Kier molecular flexibility index (Phi) is 5.33. The highest BCUT2D eigenvalue weighted by atomic mass is 35.5. The minimum atomic E-state index is -0.561. The van der Waals surface area contributed by atoms with Gasteiger partial charge in [0.1, 0.15) is 12.4 Å². The third-order valence-corrected chi connectivity index (χ3v) is 4.98. The summed E-state index contributed by atoms with van der Waals surface area (Å²) in [6.07, 6.45) is 0. The van der Waals surface area contributed by atoms with Gasteiger partial charge in [0, 0.05) is 21.7 Å². The maximum atomic E-state index is 13.7. The number of hydrogen-bond acceptors (Lipinski definition) is 3. The predicted octanol–water partition coefficient (Wildman–Crippen LogP) is 4.80. The molecule has 0 saturated heterocycles. The van der Waals surface area contributed by atoms with Crippen molar-refractivity contribution in [3.8, 4) is 11.3 Å². The first-order valence-electron chi connectivity index (χ1n) is 9.24. The molecule has 0 saturated carbocycles. The van der Waals surface area contributed by atoms with Crippen molar-refractivity contribution >= 4 is 34.1 Å². The first-order valence-corrected chi connectivity index (χ1v) is 9.62. The van der Waals surface area contributed by atoms with Crippen molar-refractivity contribution in [1.82, 2.24) is 9.55 Å². The number of aryl methyl sites for hydroxylation is 1. The minimum Gasteiger partial charge on any atom is -0.324 e. The normalized spacial score (nSPS) is 10.9. The summed E-state index contributed by atoms with van der Waals surface area (Å²) in [4.78, 5) is 29.5. The lowest BCUT2D eigenvalue weighted by atomic mass is 10.1. The van der Waals surface area contributed by atoms with E-state index in [4.69, 9.17) is 11.6 Å². The Morgan fingerprint density at radius 1 is 1.10 bits per heavy atom. The van der Waals surface area contributed by atoms with Gasteiger partial charge < -0.3 is 5.32 Å². The van der Waals surface area contributed by atoms with Gasteiger partial charge in [-0.1, -0.05) is 48.0 Å². The number of aromatic nitrogens is 2. The molecule has 150 valence electrons. The molecule has 1 N–H and O–H groups in total. The Hall–Kier alpha value is -3.51. The van der Waals surface area contributed by atoms with Crippen molar-refractivity contribution < 1.29 is 9.18 Å². The van der Waals surface area contributed by atoms with Gasteiger partial charge >= 0.3 is 5.69 Å². The molecule has 5 nitrogen and oxygen atoms in total. The van der Waals surface area contributed by atoms with Crippen molar-refractivity contribution in [2.45, 2.75) is 13.5 Å². The Bertz CT molecular complexity index is 1320. The average molecular weight is 422 g/mol. The summed E-state index contributed by atoms with van der Waals surface area (Å²) in [6, 6.07) is 18.8. The Balaban J connectivity index is 1.74. The average Bonchev–Trinajstić information content (AvgIpc) is 2.73. The van der Waals surface area contributed by atoms with Crippen LogP contribution in [0.3, 0.4) is 0 Å². The topological polar surface area (TPSA) is 64.0 Å². The minimum absolute atomic E-state index is 0.269. The molecule has 1 heterocycles. The van der Waals surface area contributed by atoms with Crippen LogP contribution in [-0.2, 0) is 11.3 Å². The third-order valence-electron chi connectivity index (χ3n) is 4.75. The van der Waals surface area contributed by atoms with Crippen molar-refractivity contribution in [2.24, 2.45) is 0 Å². The molecule has 0 aliphatic carbocycles. The lowest BCUT2D eigenvalue weighted by Crippen LogP contribution is -2.30. The molecule has 3 aromatic carbocycles. The van der Waals surface area contributed by atoms with E-state index in [1.54, 1.807) is 37.3 Å². The number of hydrogen-bond donors (Lipinski definition) is 1. The van der Waals surface area contributed by atoms with Gasteiger partial charge in [0.05, 0.1) is 11.2 Å². The highest BCUT2D eigenvalue weighted by Gasteiger charge is 2.15. The van der Waals surface area contributed by atoms with Crippen LogP contribution in [0.25, 0.3) is 22.2 Å². The number of rotatable bonds is 4. The molecule has 0 bridgehead atoms. The van der Waals surface area contributed by atoms with E-state index in [9.17, 15) is 14.0 Å². The molecular formula is C23H17ClFN3O2. The zero-order valence-electron chi connectivity index (χ0n) is 16.0. The van der Waals surface area contributed by atoms with Crippen LogP contribution in [0.4, 0.5) is 10.1 Å². The summed E-state index contributed by atoms with van der Waals surface area (Å²) in [5.41, 5.74) is 2.03. The van der Waals surface area contributed by atoms with Crippen LogP contribution < -0.4 is 11.0 Å². The van der Waals surface area contributed by atoms with E-state index in [0.29, 0.717) is 32.9 Å². The number of benzene rings is 3. The molecular weight excluding hydrogens is 405 g/mol. The summed E-state index contributed by atoms with van der Waals surface area (Å²) >= 11 is 6.18. The smallest absolute Gasteiger partial charge is 0.324 e. The van der Waals surface area contributed by atoms with Crippen LogP contribution in [0, 0.1) is 12.7 Å². The highest BCUT2D eigenvalue weighted by Crippen LogP contribution is 2.27. The van der Waals surface area contributed by atoms with E-state index < -0.39 is 17.4 Å². The maximum Gasteiger partial charge on any atom is 0.349 e. The van der Waals surface area contributed by atoms with Gasteiger partial charge in [-0.2, -0.15) is 4.98 Å². The molecule has 4 rings (SSSR count). The molecule has 7 heteroatoms. The maximum absolute atomic E-state index is 13.7. The number of anilines is 1. The number of halogens is 2. The molecule has 4 aromatic rings. The van der Waals surface area contributed by atoms with Crippen molar-refractivity contribution in [3.63, 3.8) is 0 Å². The molecule has 0 aliphatic rings. The first kappa shape index (κ1) is 19.8. The molecule has 0 atom stereocenters. The van der Waals surface area contributed by atoms with Crippen LogP contribution in [0.15, 0.2) is 71.5 Å². The third kappa shape index (κ3) is 3.95. The van der Waals surface area contributed by atoms with Gasteiger partial charge in [-0.15, -0.1) is 0 Å². The molecule has 1 aromatic heterocycles. The summed E-state index contributed by atoms with van der Waals surface area (Å²) < 4.78 is 15.0. The van der Waals surface area contributed by atoms with Gasteiger partial charge in [0.2, 0.25) is 5.91 Å². The zero-order chi connectivity index (χ0) is 21.3. The quantitative estimate of drug-likeness (QED) is 0.514. The lowest BCUT2D eigenvalue weighted by Gasteiger charge is -2.13. The van der Waals surface area contributed by atoms with Crippen LogP contribution in [0.5, 0.6) is 0 Å². The fourth-order valence-corrected chi connectivity index (χ4v) is 3.41. The van der Waals surface area contributed by atoms with Gasteiger partial charge in [-0.3, -0.25) is 9.36 Å². The lowest BCUT2D eigenvalue weighted by molar-refractivity contribution is -0.116. The van der Waals surface area contributed by atoms with E-state index in [-0.39, 0.29) is 6.54 Å². The van der Waals surface area contributed by atoms with E-state index >= 15 is 0 Å². The Morgan fingerprint density at radius 3 is 2.60 bits per heavy atom. The molecule has 30 heavy (non-hydrogen) atoms. The second-order valence-corrected chi connectivity index (χ2v) is 7.31. The standard InChI is InChI=1S/C23H17ClFN3O2/c1-14-7-9-17(12-19(14)25)26-21(29)13-28-20-10-8-16(24)11-18(20)22(27-23(28)30)15-5-3-2-4-6-15/h2-12H,13H2,1H3,(H,26,29). The fraction of sp³-hybridized carbons (Fsp3) is 0.0870. The number of fused-ring (bicyclic) bond motifs is 1. The van der Waals surface area contributed by atoms with Crippen LogP contribution >= 0.6 is 11.6 Å². The monoisotopic (exact) mass is 421 g/mol. The SMILES string of the molecule is Cc1ccc(NC(=O)Cn2c(=O)nc(-c3ccccc3)c3cc(Cl)ccc32)cc1F. The number of nitrogens with zero attached hydrogens (tertiary/aromatic N) is 2. The molecule has 0 radical (unpaired) electrons. The van der Waals surface area contributed by atoms with Gasteiger partial charge in [-0.05, 0) is 42.8 Å². The van der Waals surface area contributed by atoms with Gasteiger partial charge in [-0.25, -0.2) is 9.18 Å². The molecule has 1 amide bonds. The van der Waals surface area contributed by atoms with E-state index in [0.717, 1.165) is 5.56 Å². The number of carbonyl (C=O) groups is 1. The van der Waals surface area contributed by atoms with Crippen molar-refractivity contribution in [3.05, 3.63) is 93.6 Å². The number of amides is 1. The Morgan fingerprint density at radius 2 is 1.87 bits per heavy atom. The highest BCUT2D eigenvalue weighted by molar-refractivity contribution is 6.31. The van der Waals surface area contributed by atoms with Gasteiger partial charge in [0.25, 0.3) is 0 Å². The second kappa shape index (κ2) is 8.08. The van der Waals surface area contributed by atoms with Crippen LogP contribution in [-0.4, -0.2) is 15.5 Å². The Labute approximate surface area is 176 Å². The van der Waals surface area contributed by atoms with E-state index in [2.05, 4.69) is 10.3 Å². The van der Waals surface area contributed by atoms with E-state index in [1.165, 1.54) is 10.6 Å². The van der Waals surface area contributed by atoms with Crippen LogP contribution in [0.2, 0.25) is 5.02 Å². The number of nitrogens with one attached hydrogen (secondary N) is 1. The molecule has 0 unspecified atom stereocenters. The predicted molar refractivity (Wildman–Crippen MR) is 116 cm³/mol. The second-order valence-electron chi connectivity index (χ2n) is 6.87. The van der Waals surface area contributed by atoms with E-state index in [1.807, 2.05) is 30.3 Å². The summed E-state index contributed by atoms with van der Waals surface area (Å²) in [7, 11) is 0. The largest absolute Gasteiger partial charge is 0.349 e. The summed E-state index contributed by atoms with van der Waals surface area (Å²) in [5.74, 6) is -0.884. The molecule has 0 fully saturated rings. The van der Waals surface area contributed by atoms with Crippen molar-refractivity contribution in [2.75, 3.05) is 5.32 Å². The first-order chi connectivity index (χ1) is 14.4. The zero-order valence-corrected chi connectivity index (χ0v) is 16.8. The molecule has 0 spiro atoms. The van der Waals surface area contributed by atoms with Crippen LogP contribution in [0.1, 0.15) is 5.56 Å². The van der Waals surface area contributed by atoms with Gasteiger partial charge in [0.15, 0.2) is 0 Å².